The molecular formula is C11H17N3O. The largest absolute Gasteiger partial charge is 0.395 e. The number of nitrogens with one attached hydrogen (secondary N) is 1. The third-order valence-electron chi connectivity index (χ3n) is 2.48. The second-order valence-corrected chi connectivity index (χ2v) is 3.62. The topological polar surface area (TPSA) is 61.0 Å². The fourth-order valence-electron chi connectivity index (χ4n) is 1.44. The minimum atomic E-state index is 0.135. The predicted octanol–water partition coefficient (Wildman–Crippen LogP) is 0.757. The summed E-state index contributed by atoms with van der Waals surface area (Å²) in [5.74, 6) is 0. The molecule has 4 heteroatoms. The summed E-state index contributed by atoms with van der Waals surface area (Å²) in [6.45, 7) is 2.86. The Labute approximate surface area is 90.1 Å². The van der Waals surface area contributed by atoms with E-state index in [-0.39, 0.29) is 12.6 Å². The molecule has 15 heavy (non-hydrogen) atoms. The van der Waals surface area contributed by atoms with E-state index in [4.69, 9.17) is 10.4 Å². The Morgan fingerprint density at radius 1 is 1.67 bits per heavy atom. The van der Waals surface area contributed by atoms with Gasteiger partial charge in [-0.05, 0) is 18.1 Å². The van der Waals surface area contributed by atoms with Crippen molar-refractivity contribution in [2.75, 3.05) is 6.61 Å². The number of aliphatic hydroxyl groups excluding tert-OH is 1. The fraction of sp³-hybridized carbons (Fsp3) is 0.545. The number of aryl methyl sites for hydroxylation is 1. The molecule has 1 aromatic heterocycles. The molecule has 0 saturated carbocycles. The lowest BCUT2D eigenvalue weighted by Crippen LogP contribution is -2.30. The summed E-state index contributed by atoms with van der Waals surface area (Å²) in [5, 5.41) is 21.0. The van der Waals surface area contributed by atoms with Gasteiger partial charge in [0.05, 0.1) is 6.61 Å². The molecule has 1 heterocycles. The maximum absolute atomic E-state index is 8.99. The molecule has 0 aliphatic carbocycles. The van der Waals surface area contributed by atoms with Crippen LogP contribution in [0.25, 0.3) is 0 Å². The molecule has 0 aliphatic rings. The normalized spacial score (nSPS) is 12.4. The summed E-state index contributed by atoms with van der Waals surface area (Å²) in [4.78, 5) is 0. The van der Waals surface area contributed by atoms with Crippen LogP contribution in [0.5, 0.6) is 0 Å². The van der Waals surface area contributed by atoms with Gasteiger partial charge in [0.2, 0.25) is 0 Å². The van der Waals surface area contributed by atoms with Crippen LogP contribution in [0.1, 0.15) is 24.6 Å². The highest BCUT2D eigenvalue weighted by Gasteiger charge is 2.05. The van der Waals surface area contributed by atoms with Gasteiger partial charge in [-0.1, -0.05) is 6.92 Å². The van der Waals surface area contributed by atoms with E-state index >= 15 is 0 Å². The molecule has 0 aliphatic heterocycles. The third kappa shape index (κ3) is 3.08. The van der Waals surface area contributed by atoms with Crippen LogP contribution in [0, 0.1) is 11.3 Å². The number of rotatable bonds is 5. The molecule has 82 valence electrons. The summed E-state index contributed by atoms with van der Waals surface area (Å²) < 4.78 is 1.80. The monoisotopic (exact) mass is 207 g/mol. The van der Waals surface area contributed by atoms with Crippen molar-refractivity contribution in [3.05, 3.63) is 23.5 Å². The molecule has 0 saturated heterocycles. The zero-order chi connectivity index (χ0) is 11.3. The molecule has 1 rings (SSSR count). The first-order chi connectivity index (χ1) is 7.21. The number of nitriles is 1. The van der Waals surface area contributed by atoms with Crippen LogP contribution in [0.4, 0.5) is 0 Å². The molecular weight excluding hydrogens is 190 g/mol. The highest BCUT2D eigenvalue weighted by Crippen LogP contribution is 2.06. The molecule has 0 spiro atoms. The average molecular weight is 207 g/mol. The number of hydrogen-bond acceptors (Lipinski definition) is 3. The van der Waals surface area contributed by atoms with Crippen molar-refractivity contribution in [2.24, 2.45) is 7.05 Å². The zero-order valence-corrected chi connectivity index (χ0v) is 9.20. The minimum absolute atomic E-state index is 0.135. The maximum Gasteiger partial charge on any atom is 0.120 e. The molecule has 4 nitrogen and oxygen atoms in total. The van der Waals surface area contributed by atoms with E-state index in [2.05, 4.69) is 11.4 Å². The SMILES string of the molecule is CCC(CO)NCc1cc(C#N)n(C)c1. The Balaban J connectivity index is 2.55. The van der Waals surface area contributed by atoms with E-state index in [0.29, 0.717) is 12.2 Å². The molecule has 0 bridgehead atoms. The number of aliphatic hydroxyl groups is 1. The third-order valence-corrected chi connectivity index (χ3v) is 2.48. The van der Waals surface area contributed by atoms with Gasteiger partial charge >= 0.3 is 0 Å². The summed E-state index contributed by atoms with van der Waals surface area (Å²) in [7, 11) is 1.85. The predicted molar refractivity (Wildman–Crippen MR) is 58.1 cm³/mol. The summed E-state index contributed by atoms with van der Waals surface area (Å²) in [6, 6.07) is 4.11. The van der Waals surface area contributed by atoms with Gasteiger partial charge in [-0.2, -0.15) is 5.26 Å². The zero-order valence-electron chi connectivity index (χ0n) is 9.20. The van der Waals surface area contributed by atoms with Crippen LogP contribution in [-0.4, -0.2) is 22.3 Å². The van der Waals surface area contributed by atoms with E-state index in [0.717, 1.165) is 12.0 Å². The lowest BCUT2D eigenvalue weighted by Gasteiger charge is -2.12. The van der Waals surface area contributed by atoms with E-state index in [1.807, 2.05) is 26.2 Å². The van der Waals surface area contributed by atoms with E-state index in [9.17, 15) is 0 Å². The van der Waals surface area contributed by atoms with Crippen molar-refractivity contribution in [2.45, 2.75) is 25.9 Å². The Morgan fingerprint density at radius 3 is 2.87 bits per heavy atom. The Bertz CT molecular complexity index is 347. The highest BCUT2D eigenvalue weighted by molar-refractivity contribution is 5.28. The van der Waals surface area contributed by atoms with Crippen molar-refractivity contribution in [3.8, 4) is 6.07 Å². The number of aromatic nitrogens is 1. The second kappa shape index (κ2) is 5.54. The van der Waals surface area contributed by atoms with E-state index in [1.165, 1.54) is 0 Å². The number of hydrogen-bond donors (Lipinski definition) is 2. The van der Waals surface area contributed by atoms with Crippen LogP contribution in [0.3, 0.4) is 0 Å². The van der Waals surface area contributed by atoms with Crippen molar-refractivity contribution >= 4 is 0 Å². The first-order valence-corrected chi connectivity index (χ1v) is 5.10. The lowest BCUT2D eigenvalue weighted by molar-refractivity contribution is 0.238. The first kappa shape index (κ1) is 11.8. The quantitative estimate of drug-likeness (QED) is 0.749. The van der Waals surface area contributed by atoms with Crippen LogP contribution >= 0.6 is 0 Å². The smallest absolute Gasteiger partial charge is 0.120 e. The van der Waals surface area contributed by atoms with Gasteiger partial charge < -0.3 is 15.0 Å². The molecule has 0 aromatic carbocycles. The fourth-order valence-corrected chi connectivity index (χ4v) is 1.44. The summed E-state index contributed by atoms with van der Waals surface area (Å²) in [5.41, 5.74) is 1.73. The van der Waals surface area contributed by atoms with Gasteiger partial charge in [-0.25, -0.2) is 0 Å². The van der Waals surface area contributed by atoms with Gasteiger partial charge in [0, 0.05) is 25.8 Å². The van der Waals surface area contributed by atoms with Gasteiger partial charge in [0.1, 0.15) is 11.8 Å². The lowest BCUT2D eigenvalue weighted by atomic mass is 10.2. The summed E-state index contributed by atoms with van der Waals surface area (Å²) in [6.07, 6.45) is 2.82. The standard InChI is InChI=1S/C11H17N3O/c1-3-10(8-15)13-6-9-4-11(5-12)14(2)7-9/h4,7,10,13,15H,3,6,8H2,1-2H3. The van der Waals surface area contributed by atoms with Crippen molar-refractivity contribution in [1.29, 1.82) is 5.26 Å². The molecule has 0 radical (unpaired) electrons. The highest BCUT2D eigenvalue weighted by atomic mass is 16.3. The Hall–Kier alpha value is -1.31. The van der Waals surface area contributed by atoms with Crippen molar-refractivity contribution in [3.63, 3.8) is 0 Å². The Kier molecular flexibility index (Phi) is 4.35. The Morgan fingerprint density at radius 2 is 2.40 bits per heavy atom. The molecule has 0 amide bonds. The van der Waals surface area contributed by atoms with Crippen LogP contribution in [-0.2, 0) is 13.6 Å². The first-order valence-electron chi connectivity index (χ1n) is 5.10. The van der Waals surface area contributed by atoms with E-state index in [1.54, 1.807) is 4.57 Å². The van der Waals surface area contributed by atoms with Gasteiger partial charge in [-0.15, -0.1) is 0 Å². The molecule has 2 N–H and O–H groups in total. The average Bonchev–Trinajstić information content (AvgIpc) is 2.60. The van der Waals surface area contributed by atoms with E-state index < -0.39 is 0 Å². The second-order valence-electron chi connectivity index (χ2n) is 3.62. The van der Waals surface area contributed by atoms with Gasteiger partial charge in [0.25, 0.3) is 0 Å². The molecule has 1 aromatic rings. The van der Waals surface area contributed by atoms with Gasteiger partial charge in [-0.3, -0.25) is 0 Å². The van der Waals surface area contributed by atoms with Crippen LogP contribution < -0.4 is 5.32 Å². The maximum atomic E-state index is 8.99. The number of nitrogens with zero attached hydrogens (tertiary/aromatic N) is 2. The van der Waals surface area contributed by atoms with Crippen molar-refractivity contribution in [1.82, 2.24) is 9.88 Å². The molecule has 1 unspecified atom stereocenters. The molecule has 1 atom stereocenters. The van der Waals surface area contributed by atoms with Gasteiger partial charge in [0.15, 0.2) is 0 Å². The summed E-state index contributed by atoms with van der Waals surface area (Å²) >= 11 is 0. The van der Waals surface area contributed by atoms with Crippen molar-refractivity contribution < 1.29 is 5.11 Å². The van der Waals surface area contributed by atoms with Crippen LogP contribution in [0.15, 0.2) is 12.3 Å². The molecule has 0 fully saturated rings. The van der Waals surface area contributed by atoms with Crippen LogP contribution in [0.2, 0.25) is 0 Å². The minimum Gasteiger partial charge on any atom is -0.395 e.